The van der Waals surface area contributed by atoms with Gasteiger partial charge in [0.25, 0.3) is 5.56 Å². The summed E-state index contributed by atoms with van der Waals surface area (Å²) in [6, 6.07) is 17.5. The number of nitrogens with zero attached hydrogens (tertiary/aromatic N) is 1. The van der Waals surface area contributed by atoms with E-state index in [9.17, 15) is 17.6 Å². The lowest BCUT2D eigenvalue weighted by atomic mass is 10.1. The van der Waals surface area contributed by atoms with Gasteiger partial charge < -0.3 is 14.5 Å². The van der Waals surface area contributed by atoms with Crippen molar-refractivity contribution < 1.29 is 22.3 Å². The maximum atomic E-state index is 14.5. The molecule has 7 nitrogen and oxygen atoms in total. The van der Waals surface area contributed by atoms with E-state index in [2.05, 4.69) is 4.98 Å². The van der Waals surface area contributed by atoms with Crippen LogP contribution in [0.5, 0.6) is 11.5 Å². The second kappa shape index (κ2) is 8.58. The lowest BCUT2D eigenvalue weighted by Crippen LogP contribution is -2.33. The van der Waals surface area contributed by atoms with Crippen LogP contribution in [-0.2, 0) is 23.1 Å². The number of ether oxygens (including phenoxy) is 2. The van der Waals surface area contributed by atoms with Gasteiger partial charge in [-0.1, -0.05) is 36.4 Å². The minimum absolute atomic E-state index is 0.0852. The average molecular weight is 481 g/mol. The Bertz CT molecular complexity index is 1570. The van der Waals surface area contributed by atoms with Crippen molar-refractivity contribution in [2.45, 2.75) is 24.9 Å². The predicted molar refractivity (Wildman–Crippen MR) is 125 cm³/mol. The third kappa shape index (κ3) is 4.04. The van der Waals surface area contributed by atoms with E-state index >= 15 is 0 Å². The number of aromatic amines is 1. The maximum Gasteiger partial charge on any atom is 0.252 e. The normalized spacial score (nSPS) is 13.0. The number of halogens is 1. The summed E-state index contributed by atoms with van der Waals surface area (Å²) in [6.07, 6.45) is 0. The summed E-state index contributed by atoms with van der Waals surface area (Å²) in [5.74, 6) is 0.203. The molecule has 0 saturated heterocycles. The zero-order valence-corrected chi connectivity index (χ0v) is 19.1. The zero-order chi connectivity index (χ0) is 23.9. The molecule has 0 aliphatic carbocycles. The van der Waals surface area contributed by atoms with Crippen molar-refractivity contribution >= 4 is 20.9 Å². The standard InChI is InChI=1S/C25H21FN2O5S/c1-16-5-4-6-18-12-19(25(29)27-24(16)18)14-28(34(30,31)23-8-3-2-7-20(23)26)13-17-9-10-21-22(11-17)33-15-32-21/h2-12H,13-15H2,1H3,(H,27,29). The topological polar surface area (TPSA) is 88.7 Å². The van der Waals surface area contributed by atoms with Gasteiger partial charge in [-0.15, -0.1) is 0 Å². The van der Waals surface area contributed by atoms with Crippen LogP contribution in [0.3, 0.4) is 0 Å². The van der Waals surface area contributed by atoms with Gasteiger partial charge in [0.2, 0.25) is 16.8 Å². The molecule has 1 aliphatic rings. The fourth-order valence-corrected chi connectivity index (χ4v) is 5.47. The number of sulfonamides is 1. The van der Waals surface area contributed by atoms with Gasteiger partial charge in [-0.05, 0) is 53.8 Å². The van der Waals surface area contributed by atoms with E-state index in [1.54, 1.807) is 24.3 Å². The van der Waals surface area contributed by atoms with Gasteiger partial charge in [0.15, 0.2) is 11.5 Å². The molecule has 2 heterocycles. The Labute approximate surface area is 195 Å². The number of aryl methyl sites for hydroxylation is 1. The van der Waals surface area contributed by atoms with Gasteiger partial charge in [0.1, 0.15) is 10.7 Å². The molecular formula is C25H21FN2O5S. The number of aromatic nitrogens is 1. The van der Waals surface area contributed by atoms with Crippen LogP contribution < -0.4 is 15.0 Å². The summed E-state index contributed by atoms with van der Waals surface area (Å²) in [6.45, 7) is 1.62. The second-order valence-corrected chi connectivity index (χ2v) is 9.96. The van der Waals surface area contributed by atoms with Crippen molar-refractivity contribution in [1.29, 1.82) is 0 Å². The average Bonchev–Trinajstić information content (AvgIpc) is 3.28. The number of pyridine rings is 1. The summed E-state index contributed by atoms with van der Waals surface area (Å²) in [7, 11) is -4.29. The first-order chi connectivity index (χ1) is 16.3. The van der Waals surface area contributed by atoms with Crippen molar-refractivity contribution in [3.63, 3.8) is 0 Å². The van der Waals surface area contributed by atoms with Crippen LogP contribution in [0.25, 0.3) is 10.9 Å². The lowest BCUT2D eigenvalue weighted by Gasteiger charge is -2.23. The number of nitrogens with one attached hydrogen (secondary N) is 1. The van der Waals surface area contributed by atoms with E-state index in [1.165, 1.54) is 18.2 Å². The Kier molecular flexibility index (Phi) is 5.59. The van der Waals surface area contributed by atoms with Gasteiger partial charge in [0.05, 0.1) is 5.52 Å². The molecule has 0 radical (unpaired) electrons. The molecule has 34 heavy (non-hydrogen) atoms. The van der Waals surface area contributed by atoms with E-state index in [1.807, 2.05) is 25.1 Å². The van der Waals surface area contributed by atoms with E-state index in [0.717, 1.165) is 21.3 Å². The number of fused-ring (bicyclic) bond motifs is 2. The minimum atomic E-state index is -4.29. The molecule has 0 atom stereocenters. The van der Waals surface area contributed by atoms with Crippen LogP contribution in [0.2, 0.25) is 0 Å². The van der Waals surface area contributed by atoms with Gasteiger partial charge in [-0.2, -0.15) is 4.31 Å². The van der Waals surface area contributed by atoms with E-state index in [0.29, 0.717) is 22.6 Å². The molecule has 0 unspecified atom stereocenters. The molecule has 0 saturated carbocycles. The van der Waals surface area contributed by atoms with Crippen LogP contribution in [0.15, 0.2) is 76.4 Å². The third-order valence-corrected chi connectivity index (χ3v) is 7.59. The summed E-state index contributed by atoms with van der Waals surface area (Å²) in [5.41, 5.74) is 2.05. The van der Waals surface area contributed by atoms with Crippen molar-refractivity contribution in [2.75, 3.05) is 6.79 Å². The Hall–Kier alpha value is -3.69. The van der Waals surface area contributed by atoms with Crippen LogP contribution in [0.4, 0.5) is 4.39 Å². The monoisotopic (exact) mass is 480 g/mol. The Balaban J connectivity index is 1.58. The Morgan fingerprint density at radius 3 is 2.59 bits per heavy atom. The van der Waals surface area contributed by atoms with E-state index in [4.69, 9.17) is 9.47 Å². The molecule has 0 bridgehead atoms. The number of H-pyrrole nitrogens is 1. The molecule has 4 aromatic rings. The molecule has 0 spiro atoms. The maximum absolute atomic E-state index is 14.5. The predicted octanol–water partition coefficient (Wildman–Crippen LogP) is 4.10. The summed E-state index contributed by atoms with van der Waals surface area (Å²) in [5, 5.41) is 0.779. The highest BCUT2D eigenvalue weighted by atomic mass is 32.2. The molecular weight excluding hydrogens is 459 g/mol. The lowest BCUT2D eigenvalue weighted by molar-refractivity contribution is 0.174. The highest BCUT2D eigenvalue weighted by Crippen LogP contribution is 2.33. The van der Waals surface area contributed by atoms with E-state index in [-0.39, 0.29) is 25.4 Å². The molecule has 0 fully saturated rings. The Morgan fingerprint density at radius 1 is 0.971 bits per heavy atom. The minimum Gasteiger partial charge on any atom is -0.454 e. The SMILES string of the molecule is Cc1cccc2cc(CN(Cc3ccc4c(c3)OCO4)S(=O)(=O)c3ccccc3F)c(=O)[nH]c12. The van der Waals surface area contributed by atoms with Crippen LogP contribution >= 0.6 is 0 Å². The number of benzene rings is 3. The van der Waals surface area contributed by atoms with Gasteiger partial charge in [-0.25, -0.2) is 12.8 Å². The Morgan fingerprint density at radius 2 is 1.76 bits per heavy atom. The summed E-state index contributed by atoms with van der Waals surface area (Å²) in [4.78, 5) is 15.3. The van der Waals surface area contributed by atoms with Crippen molar-refractivity contribution in [3.05, 3.63) is 99.6 Å². The number of para-hydroxylation sites is 1. The first kappa shape index (κ1) is 22.1. The van der Waals surface area contributed by atoms with Crippen molar-refractivity contribution in [2.24, 2.45) is 0 Å². The molecule has 1 N–H and O–H groups in total. The highest BCUT2D eigenvalue weighted by molar-refractivity contribution is 7.89. The van der Waals surface area contributed by atoms with Crippen molar-refractivity contribution in [3.8, 4) is 11.5 Å². The van der Waals surface area contributed by atoms with Crippen LogP contribution in [0.1, 0.15) is 16.7 Å². The zero-order valence-electron chi connectivity index (χ0n) is 18.2. The highest BCUT2D eigenvalue weighted by Gasteiger charge is 2.29. The molecule has 5 rings (SSSR count). The van der Waals surface area contributed by atoms with Gasteiger partial charge in [-0.3, -0.25) is 4.79 Å². The fourth-order valence-electron chi connectivity index (χ4n) is 4.00. The number of hydrogen-bond donors (Lipinski definition) is 1. The number of hydrogen-bond acceptors (Lipinski definition) is 5. The molecule has 3 aromatic carbocycles. The van der Waals surface area contributed by atoms with Crippen molar-refractivity contribution in [1.82, 2.24) is 9.29 Å². The molecule has 1 aromatic heterocycles. The molecule has 9 heteroatoms. The second-order valence-electron chi connectivity index (χ2n) is 8.05. The largest absolute Gasteiger partial charge is 0.454 e. The van der Waals surface area contributed by atoms with Crippen LogP contribution in [0, 0.1) is 12.7 Å². The summed E-state index contributed by atoms with van der Waals surface area (Å²) < 4.78 is 53.4. The van der Waals surface area contributed by atoms with Gasteiger partial charge >= 0.3 is 0 Å². The first-order valence-electron chi connectivity index (χ1n) is 10.6. The molecule has 0 amide bonds. The van der Waals surface area contributed by atoms with Crippen LogP contribution in [-0.4, -0.2) is 24.5 Å². The van der Waals surface area contributed by atoms with E-state index < -0.39 is 26.3 Å². The third-order valence-electron chi connectivity index (χ3n) is 5.76. The van der Waals surface area contributed by atoms with Gasteiger partial charge in [0, 0.05) is 18.7 Å². The molecule has 174 valence electrons. The quantitative estimate of drug-likeness (QED) is 0.449. The summed E-state index contributed by atoms with van der Waals surface area (Å²) >= 11 is 0. The first-order valence-corrected chi connectivity index (χ1v) is 12.0. The smallest absolute Gasteiger partial charge is 0.252 e. The number of rotatable bonds is 6. The fraction of sp³-hybridized carbons (Fsp3) is 0.160. The molecule has 1 aliphatic heterocycles.